The van der Waals surface area contributed by atoms with Gasteiger partial charge in [0.15, 0.2) is 0 Å². The van der Waals surface area contributed by atoms with Crippen molar-refractivity contribution in [1.29, 1.82) is 0 Å². The van der Waals surface area contributed by atoms with Crippen LogP contribution in [0.4, 0.5) is 0 Å². The fourth-order valence-corrected chi connectivity index (χ4v) is 0. The fraction of sp³-hybridized carbons (Fsp3) is 0. The summed E-state index contributed by atoms with van der Waals surface area (Å²) < 4.78 is 0. The Bertz CT molecular complexity index is 126. The predicted molar refractivity (Wildman–Crippen MR) is 50.6 cm³/mol. The summed E-state index contributed by atoms with van der Waals surface area (Å²) in [6, 6.07) is 0. The Morgan fingerprint density at radius 2 is 0.800 bits per heavy atom. The summed E-state index contributed by atoms with van der Waals surface area (Å²) in [6.07, 6.45) is 0. The Hall–Kier alpha value is -1.83. The van der Waals surface area contributed by atoms with Gasteiger partial charge in [-0.1, -0.05) is 0 Å². The molecule has 0 aromatic heterocycles. The molecule has 0 aromatic carbocycles. The Morgan fingerprint density at radius 1 is 0.800 bits per heavy atom. The zero-order valence-electron chi connectivity index (χ0n) is 7.52. The Balaban J connectivity index is -0.00000000707. The Kier molecular flexibility index (Phi) is 736. The van der Waals surface area contributed by atoms with Gasteiger partial charge in [0.25, 0.3) is 0 Å². The van der Waals surface area contributed by atoms with Crippen LogP contribution in [0.5, 0.6) is 0 Å². The van der Waals surface area contributed by atoms with Crippen LogP contribution in [0.15, 0.2) is 0 Å². The second kappa shape index (κ2) is 151. The molecular formula is H12CoN11O3. The molecule has 0 aliphatic carbocycles. The topological polar surface area (TPSA) is 324 Å². The van der Waals surface area contributed by atoms with Crippen molar-refractivity contribution in [2.75, 3.05) is 0 Å². The molecule has 0 rings (SSSR count). The van der Waals surface area contributed by atoms with E-state index in [4.69, 9.17) is 37.4 Å². The molecule has 0 unspecified atom stereocenters. The summed E-state index contributed by atoms with van der Waals surface area (Å²) in [4.78, 5) is 11.2. The standard InChI is InChI=1S/Co.2N3.NO3.4H3N/c;2*1-3-2;2-1(3)4;;;;/h;;;;4*1H3/q+3;3*-1;;;;. The number of rotatable bonds is 0. The maximum Gasteiger partial charge on any atom is 3.00 e. The van der Waals surface area contributed by atoms with Crippen molar-refractivity contribution in [3.8, 4) is 0 Å². The van der Waals surface area contributed by atoms with Gasteiger partial charge in [-0.2, -0.15) is 0 Å². The molecule has 0 saturated heterocycles. The largest absolute Gasteiger partial charge is 3.00 e. The van der Waals surface area contributed by atoms with E-state index in [2.05, 4.69) is 0 Å². The number of hydrogen-bond donors (Lipinski definition) is 4. The number of hydrogen-bond acceptors (Lipinski definition) is 7. The molecule has 0 atom stereocenters. The van der Waals surface area contributed by atoms with Crippen LogP contribution in [0.25, 0.3) is 31.9 Å². The molecule has 0 radical (unpaired) electrons. The summed E-state index contributed by atoms with van der Waals surface area (Å²) in [5.74, 6) is 0. The van der Waals surface area contributed by atoms with Crippen LogP contribution in [0.1, 0.15) is 0 Å². The minimum atomic E-state index is -1.75. The second-order valence-electron chi connectivity index (χ2n) is 0.402. The van der Waals surface area contributed by atoms with E-state index in [1.807, 2.05) is 0 Å². The van der Waals surface area contributed by atoms with E-state index in [-0.39, 0.29) is 41.4 Å². The second-order valence-corrected chi connectivity index (χ2v) is 0.402. The van der Waals surface area contributed by atoms with Gasteiger partial charge in [0.05, 0.1) is 5.09 Å². The molecular weight excluding hydrogens is 261 g/mol. The van der Waals surface area contributed by atoms with Crippen LogP contribution in [-0.2, 0) is 16.8 Å². The average Bonchev–Trinajstić information content (AvgIpc) is 1.65. The zero-order chi connectivity index (χ0) is 8.99. The van der Waals surface area contributed by atoms with Crippen LogP contribution in [0, 0.1) is 15.3 Å². The van der Waals surface area contributed by atoms with Crippen molar-refractivity contribution in [2.24, 2.45) is 0 Å². The van der Waals surface area contributed by atoms with Crippen LogP contribution in [0.3, 0.4) is 0 Å². The van der Waals surface area contributed by atoms with Gasteiger partial charge in [-0.05, 0) is 0 Å². The Morgan fingerprint density at radius 3 is 0.800 bits per heavy atom. The molecule has 0 aliphatic heterocycles. The molecule has 0 bridgehead atoms. The third-order valence-electron chi connectivity index (χ3n) is 0. The number of nitrogens with zero attached hydrogens (tertiary/aromatic N) is 7. The van der Waals surface area contributed by atoms with Crippen LogP contribution < -0.4 is 24.6 Å². The molecule has 0 aliphatic rings. The third kappa shape index (κ3) is 374. The summed E-state index contributed by atoms with van der Waals surface area (Å²) in [5, 5.41) is 14.8. The molecule has 14 nitrogen and oxygen atoms in total. The van der Waals surface area contributed by atoms with Crippen molar-refractivity contribution in [1.82, 2.24) is 24.6 Å². The van der Waals surface area contributed by atoms with E-state index in [1.54, 1.807) is 0 Å². The van der Waals surface area contributed by atoms with E-state index in [0.717, 1.165) is 0 Å². The normalized spacial score (nSPS) is 2.67. The van der Waals surface area contributed by atoms with Crippen molar-refractivity contribution < 1.29 is 21.9 Å². The quantitative estimate of drug-likeness (QED) is 0.167. The molecule has 94 valence electrons. The molecule has 15 heteroatoms. The molecule has 12 N–H and O–H groups in total. The smallest absolute Gasteiger partial charge is 0.373 e. The molecule has 15 heavy (non-hydrogen) atoms. The van der Waals surface area contributed by atoms with E-state index in [0.29, 0.717) is 0 Å². The minimum Gasteiger partial charge on any atom is -0.373 e. The first kappa shape index (κ1) is 73.0. The third-order valence-corrected chi connectivity index (χ3v) is 0. The zero-order valence-corrected chi connectivity index (χ0v) is 8.56. The van der Waals surface area contributed by atoms with E-state index in [9.17, 15) is 0 Å². The van der Waals surface area contributed by atoms with E-state index in [1.165, 1.54) is 9.82 Å². The summed E-state index contributed by atoms with van der Waals surface area (Å²) in [5.41, 5.74) is 27.0. The molecule has 0 aromatic rings. The fourth-order valence-electron chi connectivity index (χ4n) is 0. The minimum absolute atomic E-state index is 0. The van der Waals surface area contributed by atoms with Crippen molar-refractivity contribution in [3.63, 3.8) is 0 Å². The van der Waals surface area contributed by atoms with Crippen LogP contribution >= 0.6 is 0 Å². The van der Waals surface area contributed by atoms with Gasteiger partial charge in [-0.3, -0.25) is 9.82 Å². The van der Waals surface area contributed by atoms with E-state index >= 15 is 0 Å². The van der Waals surface area contributed by atoms with Crippen molar-refractivity contribution in [2.45, 2.75) is 0 Å². The van der Waals surface area contributed by atoms with E-state index < -0.39 is 5.09 Å². The first-order valence-corrected chi connectivity index (χ1v) is 1.35. The predicted octanol–water partition coefficient (Wildman–Crippen LogP) is 2.14. The Labute approximate surface area is 94.5 Å². The summed E-state index contributed by atoms with van der Waals surface area (Å²) in [7, 11) is 0. The molecule has 0 amide bonds. The average molecular weight is 273 g/mol. The van der Waals surface area contributed by atoms with Gasteiger partial charge < -0.3 is 62.0 Å². The van der Waals surface area contributed by atoms with Crippen LogP contribution in [-0.4, -0.2) is 5.09 Å². The summed E-state index contributed by atoms with van der Waals surface area (Å²) in [6.45, 7) is 0. The van der Waals surface area contributed by atoms with Gasteiger partial charge in [0.1, 0.15) is 0 Å². The molecule has 0 saturated carbocycles. The first-order chi connectivity index (χ1) is 4.56. The molecule has 0 fully saturated rings. The summed E-state index contributed by atoms with van der Waals surface area (Å²) >= 11 is 0. The maximum absolute atomic E-state index is 8.25. The van der Waals surface area contributed by atoms with Gasteiger partial charge in [-0.15, -0.1) is 0 Å². The van der Waals surface area contributed by atoms with Gasteiger partial charge >= 0.3 is 16.8 Å². The van der Waals surface area contributed by atoms with Crippen molar-refractivity contribution in [3.05, 3.63) is 47.3 Å². The van der Waals surface area contributed by atoms with Crippen LogP contribution in [0.2, 0.25) is 0 Å². The SMILES string of the molecule is N.N.N.N.O=[N+]([O-])[O-].[Co+3].[N-]=[N+]=[N-].[N-]=[N+]=[N-]. The van der Waals surface area contributed by atoms with Gasteiger partial charge in [-0.25, -0.2) is 0 Å². The molecule has 0 heterocycles. The van der Waals surface area contributed by atoms with Gasteiger partial charge in [0, 0.05) is 0 Å². The first-order valence-electron chi connectivity index (χ1n) is 1.35. The monoisotopic (exact) mass is 273 g/mol. The maximum atomic E-state index is 8.25. The molecule has 0 spiro atoms. The van der Waals surface area contributed by atoms with Crippen molar-refractivity contribution >= 4 is 0 Å². The van der Waals surface area contributed by atoms with Gasteiger partial charge in [0.2, 0.25) is 0 Å².